The molecule has 0 spiro atoms. The first-order chi connectivity index (χ1) is 33.0. The van der Waals surface area contributed by atoms with E-state index in [1.54, 1.807) is 0 Å². The maximum Gasteiger partial charge on any atom is 0.472 e. The Labute approximate surface area is 417 Å². The Hall–Kier alpha value is -3.62. The van der Waals surface area contributed by atoms with Crippen molar-refractivity contribution in [3.05, 3.63) is 146 Å². The summed E-state index contributed by atoms with van der Waals surface area (Å²) >= 11 is 0. The van der Waals surface area contributed by atoms with Crippen LogP contribution in [0.15, 0.2) is 146 Å². The number of quaternary nitrogens is 1. The van der Waals surface area contributed by atoms with Crippen LogP contribution in [0.3, 0.4) is 0 Å². The smallest absolute Gasteiger partial charge is 0.391 e. The Balaban J connectivity index is 4.14. The molecule has 0 saturated heterocycles. The highest BCUT2D eigenvalue weighted by Crippen LogP contribution is 2.43. The molecule has 384 valence electrons. The Morgan fingerprint density at radius 1 is 0.515 bits per heavy atom. The molecule has 3 unspecified atom stereocenters. The number of carbonyl (C=O) groups is 1. The van der Waals surface area contributed by atoms with Crippen molar-refractivity contribution >= 4 is 13.7 Å². The van der Waals surface area contributed by atoms with Crippen LogP contribution in [0.5, 0.6) is 0 Å². The fraction of sp³-hybridized carbons (Fsp3) is 0.576. The molecule has 1 amide bonds. The van der Waals surface area contributed by atoms with Crippen molar-refractivity contribution in [1.82, 2.24) is 5.32 Å². The number of amides is 1. The van der Waals surface area contributed by atoms with Crippen LogP contribution in [0.25, 0.3) is 0 Å². The molecule has 3 N–H and O–H groups in total. The standard InChI is InChI=1S/C59H97N2O6P/c1-6-8-10-12-14-15-16-17-18-19-20-21-22-23-24-25-26-27-28-29-30-31-32-33-34-35-36-37-38-39-40-41-42-43-44-45-47-49-51-53-59(63)60-57(58(62)52-50-48-46-13-11-9-7-2)56-67-68(64,65)66-55-54-61(3,4)5/h8,10,14-15,17-18,20-21,23-24,26-27,29-30,32-33,35-36,38-39,41-42,44-45,57-58,62H,6-7,9,11-13,16,19,22,25,28,31,34,37,40,43,46-56H2,1-5H3,(H-,60,63,64,65)/p+1/b10-8-,15-14-,18-17-,21-20-,24-23-,27-26-,30-29-,33-32-,36-35-,39-38-,42-41-,45-44-. The van der Waals surface area contributed by atoms with Gasteiger partial charge >= 0.3 is 7.82 Å². The Morgan fingerprint density at radius 3 is 1.26 bits per heavy atom. The Kier molecular flexibility index (Phi) is 45.8. The van der Waals surface area contributed by atoms with E-state index in [0.717, 1.165) is 109 Å². The molecular formula is C59H98N2O6P+. The van der Waals surface area contributed by atoms with Crippen molar-refractivity contribution in [3.63, 3.8) is 0 Å². The molecule has 0 fully saturated rings. The largest absolute Gasteiger partial charge is 0.472 e. The Bertz CT molecular complexity index is 1610. The molecule has 0 aromatic rings. The monoisotopic (exact) mass is 962 g/mol. The van der Waals surface area contributed by atoms with Gasteiger partial charge in [0.15, 0.2) is 0 Å². The highest BCUT2D eigenvalue weighted by molar-refractivity contribution is 7.47. The molecule has 0 aliphatic rings. The third kappa shape index (κ3) is 50.3. The molecule has 0 aromatic carbocycles. The number of aliphatic hydroxyl groups is 1. The number of nitrogens with one attached hydrogen (secondary N) is 1. The molecule has 9 heteroatoms. The molecule has 0 aliphatic heterocycles. The second kappa shape index (κ2) is 48.4. The van der Waals surface area contributed by atoms with E-state index in [1.165, 1.54) is 25.7 Å². The summed E-state index contributed by atoms with van der Waals surface area (Å²) in [5, 5.41) is 13.8. The summed E-state index contributed by atoms with van der Waals surface area (Å²) in [5.41, 5.74) is 0. The number of phosphoric ester groups is 1. The van der Waals surface area contributed by atoms with E-state index in [0.29, 0.717) is 30.3 Å². The van der Waals surface area contributed by atoms with E-state index in [2.05, 4.69) is 165 Å². The van der Waals surface area contributed by atoms with E-state index < -0.39 is 20.0 Å². The molecule has 3 atom stereocenters. The molecule has 0 saturated carbocycles. The van der Waals surface area contributed by atoms with E-state index in [1.807, 2.05) is 21.1 Å². The SMILES string of the molecule is CC/C=C\C/C=C\C/C=C\C/C=C\C/C=C\C/C=C\C/C=C\C/C=C\C/C=C\C/C=C\C/C=C\C/C=C\CCCCC(=O)NC(COP(=O)(O)OCC[N+](C)(C)C)C(O)CCCCCCCCC. The third-order valence-electron chi connectivity index (χ3n) is 10.6. The lowest BCUT2D eigenvalue weighted by atomic mass is 10.0. The van der Waals surface area contributed by atoms with E-state index in [4.69, 9.17) is 9.05 Å². The van der Waals surface area contributed by atoms with Gasteiger partial charge < -0.3 is 19.8 Å². The molecule has 0 aromatic heterocycles. The average Bonchev–Trinajstić information content (AvgIpc) is 3.30. The van der Waals surface area contributed by atoms with Gasteiger partial charge in [-0.2, -0.15) is 0 Å². The van der Waals surface area contributed by atoms with Crippen molar-refractivity contribution in [2.24, 2.45) is 0 Å². The number of unbranched alkanes of at least 4 members (excludes halogenated alkanes) is 8. The zero-order valence-corrected chi connectivity index (χ0v) is 44.4. The molecule has 0 rings (SSSR count). The first-order valence-electron chi connectivity index (χ1n) is 26.2. The van der Waals surface area contributed by atoms with E-state index in [-0.39, 0.29) is 19.1 Å². The van der Waals surface area contributed by atoms with Gasteiger partial charge in [-0.1, -0.05) is 205 Å². The topological polar surface area (TPSA) is 105 Å². The van der Waals surface area contributed by atoms with Crippen LogP contribution in [0.1, 0.15) is 168 Å². The number of allylic oxidation sites excluding steroid dienone is 24. The van der Waals surface area contributed by atoms with Crippen LogP contribution in [-0.2, 0) is 18.4 Å². The van der Waals surface area contributed by atoms with Crippen molar-refractivity contribution in [1.29, 1.82) is 0 Å². The highest BCUT2D eigenvalue weighted by atomic mass is 31.2. The van der Waals surface area contributed by atoms with Gasteiger partial charge in [-0.3, -0.25) is 13.8 Å². The second-order valence-electron chi connectivity index (χ2n) is 18.2. The molecule has 0 radical (unpaired) electrons. The average molecular weight is 962 g/mol. The van der Waals surface area contributed by atoms with Crippen molar-refractivity contribution in [2.45, 2.75) is 180 Å². The highest BCUT2D eigenvalue weighted by Gasteiger charge is 2.28. The predicted octanol–water partition coefficient (Wildman–Crippen LogP) is 15.7. The van der Waals surface area contributed by atoms with Crippen molar-refractivity contribution in [3.8, 4) is 0 Å². The van der Waals surface area contributed by atoms with Crippen LogP contribution >= 0.6 is 7.82 Å². The first kappa shape index (κ1) is 64.4. The lowest BCUT2D eigenvalue weighted by Gasteiger charge is -2.26. The summed E-state index contributed by atoms with van der Waals surface area (Å²) in [7, 11) is 1.56. The number of carbonyl (C=O) groups excluding carboxylic acids is 1. The van der Waals surface area contributed by atoms with Crippen LogP contribution < -0.4 is 5.32 Å². The van der Waals surface area contributed by atoms with Crippen molar-refractivity contribution in [2.75, 3.05) is 40.9 Å². The molecular weight excluding hydrogens is 864 g/mol. The van der Waals surface area contributed by atoms with Gasteiger partial charge in [0.25, 0.3) is 0 Å². The first-order valence-corrected chi connectivity index (χ1v) is 27.7. The number of aliphatic hydroxyl groups excluding tert-OH is 1. The number of hydrogen-bond donors (Lipinski definition) is 3. The summed E-state index contributed by atoms with van der Waals surface area (Å²) < 4.78 is 23.5. The van der Waals surface area contributed by atoms with E-state index >= 15 is 0 Å². The van der Waals surface area contributed by atoms with Gasteiger partial charge in [0.05, 0.1) is 39.9 Å². The van der Waals surface area contributed by atoms with Gasteiger partial charge in [0.2, 0.25) is 5.91 Å². The fourth-order valence-corrected chi connectivity index (χ4v) is 7.23. The normalized spacial score (nSPS) is 15.2. The molecule has 8 nitrogen and oxygen atoms in total. The van der Waals surface area contributed by atoms with Crippen LogP contribution in [0.4, 0.5) is 0 Å². The van der Waals surface area contributed by atoms with Crippen LogP contribution in [0, 0.1) is 0 Å². The predicted molar refractivity (Wildman–Crippen MR) is 294 cm³/mol. The number of likely N-dealkylation sites (N-methyl/N-ethyl adjacent to an activating group) is 1. The summed E-state index contributed by atoms with van der Waals surface area (Å²) in [6.45, 7) is 4.65. The summed E-state index contributed by atoms with van der Waals surface area (Å²) in [6, 6.07) is -0.791. The lowest BCUT2D eigenvalue weighted by molar-refractivity contribution is -0.870. The molecule has 0 heterocycles. The molecule has 0 bridgehead atoms. The zero-order valence-electron chi connectivity index (χ0n) is 43.5. The quantitative estimate of drug-likeness (QED) is 0.0243. The van der Waals surface area contributed by atoms with Gasteiger partial charge in [-0.15, -0.1) is 0 Å². The number of hydrogen-bond acceptors (Lipinski definition) is 5. The summed E-state index contributed by atoms with van der Waals surface area (Å²) in [4.78, 5) is 23.1. The number of nitrogens with zero attached hydrogens (tertiary/aromatic N) is 1. The van der Waals surface area contributed by atoms with Gasteiger partial charge in [-0.05, 0) is 103 Å². The summed E-state index contributed by atoms with van der Waals surface area (Å²) in [5.74, 6) is -0.199. The molecule has 68 heavy (non-hydrogen) atoms. The van der Waals surface area contributed by atoms with Crippen molar-refractivity contribution < 1.29 is 32.9 Å². The van der Waals surface area contributed by atoms with E-state index in [9.17, 15) is 19.4 Å². The number of rotatable bonds is 45. The van der Waals surface area contributed by atoms with Gasteiger partial charge in [0, 0.05) is 6.42 Å². The minimum atomic E-state index is -4.33. The van der Waals surface area contributed by atoms with Crippen LogP contribution in [-0.4, -0.2) is 73.4 Å². The fourth-order valence-electron chi connectivity index (χ4n) is 6.49. The van der Waals surface area contributed by atoms with Gasteiger partial charge in [0.1, 0.15) is 13.2 Å². The molecule has 0 aliphatic carbocycles. The number of phosphoric acid groups is 1. The van der Waals surface area contributed by atoms with Gasteiger partial charge in [-0.25, -0.2) is 4.57 Å². The summed E-state index contributed by atoms with van der Waals surface area (Å²) in [6.07, 6.45) is 75.0. The Morgan fingerprint density at radius 2 is 0.882 bits per heavy atom. The minimum Gasteiger partial charge on any atom is -0.391 e. The van der Waals surface area contributed by atoms with Crippen LogP contribution in [0.2, 0.25) is 0 Å². The third-order valence-corrected chi connectivity index (χ3v) is 11.6. The minimum absolute atomic E-state index is 0.0573. The lowest BCUT2D eigenvalue weighted by Crippen LogP contribution is -2.46. The maximum atomic E-state index is 12.8. The zero-order chi connectivity index (χ0) is 49.9. The second-order valence-corrected chi connectivity index (χ2v) is 19.6. The maximum absolute atomic E-state index is 12.8.